The van der Waals surface area contributed by atoms with Crippen molar-refractivity contribution in [2.75, 3.05) is 26.2 Å². The molecule has 0 bridgehead atoms. The topological polar surface area (TPSA) is 32.8 Å². The predicted molar refractivity (Wildman–Crippen MR) is 116 cm³/mol. The summed E-state index contributed by atoms with van der Waals surface area (Å²) in [6, 6.07) is 17.6. The molecule has 5 heteroatoms. The molecule has 1 atom stereocenters. The summed E-state index contributed by atoms with van der Waals surface area (Å²) in [4.78, 5) is 17.2. The maximum atomic E-state index is 13.1. The Morgan fingerprint density at radius 1 is 0.933 bits per heavy atom. The van der Waals surface area contributed by atoms with Crippen LogP contribution in [0.3, 0.4) is 0 Å². The molecule has 4 nitrogen and oxygen atoms in total. The highest BCUT2D eigenvalue weighted by Gasteiger charge is 2.33. The molecule has 2 fully saturated rings. The predicted octanol–water partition coefficient (Wildman–Crippen LogP) is 4.04. The van der Waals surface area contributed by atoms with Crippen molar-refractivity contribution in [2.24, 2.45) is 0 Å². The number of ether oxygens (including phenoxy) is 1. The molecule has 2 heterocycles. The van der Waals surface area contributed by atoms with Crippen LogP contribution in [0.25, 0.3) is 0 Å². The van der Waals surface area contributed by atoms with Gasteiger partial charge in [0.15, 0.2) is 0 Å². The highest BCUT2D eigenvalue weighted by Crippen LogP contribution is 2.26. The molecule has 4 rings (SSSR count). The molecule has 0 aromatic heterocycles. The number of benzene rings is 2. The molecule has 0 unspecified atom stereocenters. The Balaban J connectivity index is 1.22. The van der Waals surface area contributed by atoms with Gasteiger partial charge in [0.25, 0.3) is 0 Å². The SMILES string of the molecule is O=C(Cc1ccc(F)cc1)N1CCC(N2CCC[C@@H]2COCc2ccccc2)CC1. The summed E-state index contributed by atoms with van der Waals surface area (Å²) in [5.74, 6) is -0.121. The van der Waals surface area contributed by atoms with E-state index in [0.717, 1.165) is 44.6 Å². The second kappa shape index (κ2) is 10.2. The van der Waals surface area contributed by atoms with E-state index in [2.05, 4.69) is 17.0 Å². The van der Waals surface area contributed by atoms with E-state index >= 15 is 0 Å². The first-order valence-electron chi connectivity index (χ1n) is 11.1. The molecule has 160 valence electrons. The molecule has 2 aromatic carbocycles. The van der Waals surface area contributed by atoms with Crippen LogP contribution in [0.1, 0.15) is 36.8 Å². The molecule has 0 aliphatic carbocycles. The molecular weight excluding hydrogens is 379 g/mol. The molecular formula is C25H31FN2O2. The van der Waals surface area contributed by atoms with Crippen molar-refractivity contribution in [2.45, 2.75) is 50.8 Å². The fourth-order valence-corrected chi connectivity index (χ4v) is 4.74. The number of piperidine rings is 1. The van der Waals surface area contributed by atoms with E-state index < -0.39 is 0 Å². The van der Waals surface area contributed by atoms with Crippen LogP contribution in [0.2, 0.25) is 0 Å². The average Bonchev–Trinajstić information content (AvgIpc) is 3.25. The van der Waals surface area contributed by atoms with Gasteiger partial charge in [-0.1, -0.05) is 42.5 Å². The van der Waals surface area contributed by atoms with E-state index in [4.69, 9.17) is 4.74 Å². The minimum absolute atomic E-state index is 0.143. The largest absolute Gasteiger partial charge is 0.375 e. The molecule has 0 saturated carbocycles. The van der Waals surface area contributed by atoms with Gasteiger partial charge in [0, 0.05) is 25.2 Å². The molecule has 2 saturated heterocycles. The third-order valence-corrected chi connectivity index (χ3v) is 6.40. The summed E-state index contributed by atoms with van der Waals surface area (Å²) in [6.45, 7) is 4.19. The molecule has 2 aliphatic heterocycles. The van der Waals surface area contributed by atoms with Crippen molar-refractivity contribution in [1.29, 1.82) is 0 Å². The summed E-state index contributed by atoms with van der Waals surface area (Å²) >= 11 is 0. The quantitative estimate of drug-likeness (QED) is 0.691. The third-order valence-electron chi connectivity index (χ3n) is 6.40. The fraction of sp³-hybridized carbons (Fsp3) is 0.480. The summed E-state index contributed by atoms with van der Waals surface area (Å²) < 4.78 is 19.1. The number of rotatable bonds is 7. The van der Waals surface area contributed by atoms with Crippen molar-refractivity contribution in [1.82, 2.24) is 9.80 Å². The number of nitrogens with zero attached hydrogens (tertiary/aromatic N) is 2. The maximum Gasteiger partial charge on any atom is 0.226 e. The van der Waals surface area contributed by atoms with Gasteiger partial charge in [-0.2, -0.15) is 0 Å². The molecule has 30 heavy (non-hydrogen) atoms. The standard InChI is InChI=1S/C25H31FN2O2/c26-22-10-8-20(9-11-22)17-25(29)27-15-12-23(13-16-27)28-14-4-7-24(28)19-30-18-21-5-2-1-3-6-21/h1-3,5-6,8-11,23-24H,4,7,12-19H2/t24-/m1/s1. The van der Waals surface area contributed by atoms with Crippen molar-refractivity contribution in [3.8, 4) is 0 Å². The van der Waals surface area contributed by atoms with Gasteiger partial charge < -0.3 is 9.64 Å². The summed E-state index contributed by atoms with van der Waals surface area (Å²) in [6.07, 6.45) is 4.81. The number of carbonyl (C=O) groups is 1. The lowest BCUT2D eigenvalue weighted by atomic mass is 10.0. The van der Waals surface area contributed by atoms with Gasteiger partial charge in [-0.05, 0) is 55.5 Å². The van der Waals surface area contributed by atoms with Crippen LogP contribution in [-0.4, -0.2) is 54.0 Å². The average molecular weight is 411 g/mol. The Labute approximate surface area is 178 Å². The lowest BCUT2D eigenvalue weighted by Crippen LogP contribution is -2.49. The van der Waals surface area contributed by atoms with Gasteiger partial charge in [0.1, 0.15) is 5.82 Å². The molecule has 2 aliphatic rings. The molecule has 0 N–H and O–H groups in total. The van der Waals surface area contributed by atoms with E-state index in [1.54, 1.807) is 12.1 Å². The van der Waals surface area contributed by atoms with Crippen LogP contribution < -0.4 is 0 Å². The van der Waals surface area contributed by atoms with E-state index in [-0.39, 0.29) is 11.7 Å². The van der Waals surface area contributed by atoms with E-state index in [1.807, 2.05) is 23.1 Å². The van der Waals surface area contributed by atoms with Gasteiger partial charge >= 0.3 is 0 Å². The number of hydrogen-bond acceptors (Lipinski definition) is 3. The highest BCUT2D eigenvalue weighted by atomic mass is 19.1. The highest BCUT2D eigenvalue weighted by molar-refractivity contribution is 5.78. The number of amides is 1. The van der Waals surface area contributed by atoms with Crippen LogP contribution in [0, 0.1) is 5.82 Å². The molecule has 2 aromatic rings. The zero-order valence-electron chi connectivity index (χ0n) is 17.5. The zero-order chi connectivity index (χ0) is 20.8. The minimum Gasteiger partial charge on any atom is -0.375 e. The van der Waals surface area contributed by atoms with Crippen LogP contribution in [0.5, 0.6) is 0 Å². The maximum absolute atomic E-state index is 13.1. The Morgan fingerprint density at radius 2 is 1.67 bits per heavy atom. The van der Waals surface area contributed by atoms with E-state index in [1.165, 1.54) is 30.5 Å². The summed E-state index contributed by atoms with van der Waals surface area (Å²) in [7, 11) is 0. The van der Waals surface area contributed by atoms with Gasteiger partial charge in [-0.3, -0.25) is 9.69 Å². The lowest BCUT2D eigenvalue weighted by Gasteiger charge is -2.39. The third kappa shape index (κ3) is 5.46. The Kier molecular flexibility index (Phi) is 7.13. The number of carbonyl (C=O) groups excluding carboxylic acids is 1. The number of likely N-dealkylation sites (tertiary alicyclic amines) is 2. The first-order valence-corrected chi connectivity index (χ1v) is 11.1. The smallest absolute Gasteiger partial charge is 0.226 e. The molecule has 1 amide bonds. The minimum atomic E-state index is -0.264. The van der Waals surface area contributed by atoms with Crippen molar-refractivity contribution in [3.63, 3.8) is 0 Å². The second-order valence-corrected chi connectivity index (χ2v) is 8.45. The Morgan fingerprint density at radius 3 is 2.40 bits per heavy atom. The van der Waals surface area contributed by atoms with E-state index in [9.17, 15) is 9.18 Å². The first kappa shape index (κ1) is 21.0. The normalized spacial score (nSPS) is 20.6. The van der Waals surface area contributed by atoms with Crippen LogP contribution in [0.4, 0.5) is 4.39 Å². The number of hydrogen-bond donors (Lipinski definition) is 0. The zero-order valence-corrected chi connectivity index (χ0v) is 17.5. The van der Waals surface area contributed by atoms with Crippen molar-refractivity contribution >= 4 is 5.91 Å². The molecule has 0 spiro atoms. The summed E-state index contributed by atoms with van der Waals surface area (Å²) in [5, 5.41) is 0. The number of halogens is 1. The van der Waals surface area contributed by atoms with Crippen molar-refractivity contribution < 1.29 is 13.9 Å². The van der Waals surface area contributed by atoms with Crippen LogP contribution in [0.15, 0.2) is 54.6 Å². The van der Waals surface area contributed by atoms with Crippen LogP contribution >= 0.6 is 0 Å². The monoisotopic (exact) mass is 410 g/mol. The Hall–Kier alpha value is -2.24. The summed E-state index contributed by atoms with van der Waals surface area (Å²) in [5.41, 5.74) is 2.09. The lowest BCUT2D eigenvalue weighted by molar-refractivity contribution is -0.132. The van der Waals surface area contributed by atoms with E-state index in [0.29, 0.717) is 25.1 Å². The van der Waals surface area contributed by atoms with Gasteiger partial charge in [-0.15, -0.1) is 0 Å². The van der Waals surface area contributed by atoms with Gasteiger partial charge in [0.2, 0.25) is 5.91 Å². The van der Waals surface area contributed by atoms with Crippen molar-refractivity contribution in [3.05, 3.63) is 71.5 Å². The van der Waals surface area contributed by atoms with Gasteiger partial charge in [-0.25, -0.2) is 4.39 Å². The van der Waals surface area contributed by atoms with Gasteiger partial charge in [0.05, 0.1) is 19.6 Å². The Bertz CT molecular complexity index is 804. The van der Waals surface area contributed by atoms with Crippen LogP contribution in [-0.2, 0) is 22.6 Å². The molecule has 0 radical (unpaired) electrons. The fourth-order valence-electron chi connectivity index (χ4n) is 4.74. The first-order chi connectivity index (χ1) is 14.7. The second-order valence-electron chi connectivity index (χ2n) is 8.45.